The van der Waals surface area contributed by atoms with E-state index in [2.05, 4.69) is 17.8 Å². The zero-order valence-electron chi connectivity index (χ0n) is 32.6. The van der Waals surface area contributed by atoms with Gasteiger partial charge in [-0.15, -0.1) is 19.3 Å². The highest BCUT2D eigenvalue weighted by Gasteiger charge is 2.25. The third-order valence-corrected chi connectivity index (χ3v) is 8.13. The summed E-state index contributed by atoms with van der Waals surface area (Å²) in [5.41, 5.74) is 2.89. The van der Waals surface area contributed by atoms with Crippen LogP contribution in [0, 0.1) is 48.9 Å². The molecule has 300 valence electrons. The number of ether oxygens (including phenoxy) is 3. The summed E-state index contributed by atoms with van der Waals surface area (Å²) in [7, 11) is 0. The van der Waals surface area contributed by atoms with Crippen LogP contribution >= 0.6 is 0 Å². The SMILES string of the molecule is C.C#CCOc1ccc(C(=O)CC(C)=O)cc1.C#CCOc1ccc(CC(C(C)=O)C(=O)c2ccccc2)cc1.C#CCOc1ccc(CC(C(C)=O)C(C)=O)cc1. The number of carbonyl (C=O) groups excluding carboxylic acids is 6. The van der Waals surface area contributed by atoms with Crippen LogP contribution in [0.15, 0.2) is 103 Å². The van der Waals surface area contributed by atoms with Crippen LogP contribution in [0.3, 0.4) is 0 Å². The van der Waals surface area contributed by atoms with Gasteiger partial charge in [-0.05, 0) is 100 Å². The molecule has 0 aliphatic rings. The molecule has 0 amide bonds. The van der Waals surface area contributed by atoms with E-state index >= 15 is 0 Å². The highest BCUT2D eigenvalue weighted by atomic mass is 16.5. The van der Waals surface area contributed by atoms with Crippen molar-refractivity contribution in [3.63, 3.8) is 0 Å². The molecule has 4 aromatic carbocycles. The van der Waals surface area contributed by atoms with Gasteiger partial charge in [0.05, 0.1) is 18.3 Å². The molecule has 0 aliphatic carbocycles. The lowest BCUT2D eigenvalue weighted by atomic mass is 9.88. The van der Waals surface area contributed by atoms with Gasteiger partial charge in [-0.3, -0.25) is 28.8 Å². The average Bonchev–Trinajstić information content (AvgIpc) is 3.20. The lowest BCUT2D eigenvalue weighted by molar-refractivity contribution is -0.130. The Morgan fingerprint density at radius 1 is 0.500 bits per heavy atom. The predicted octanol–water partition coefficient (Wildman–Crippen LogP) is 7.86. The topological polar surface area (TPSA) is 130 Å². The van der Waals surface area contributed by atoms with Crippen LogP contribution in [0.2, 0.25) is 0 Å². The van der Waals surface area contributed by atoms with Gasteiger partial charge in [0.1, 0.15) is 60.2 Å². The fourth-order valence-corrected chi connectivity index (χ4v) is 5.15. The number of carbonyl (C=O) groups is 6. The first-order valence-corrected chi connectivity index (χ1v) is 17.9. The first kappa shape index (κ1) is 49.0. The standard InChI is InChI=1S/C20H18O3.C15H16O3.C13H12O3.CH4/c1-3-13-23-18-11-9-16(10-12-18)14-19(15(2)21)20(22)17-7-5-4-6-8-17;1-4-9-18-14-7-5-13(6-8-14)10-15(11(2)16)12(3)17;1-3-8-16-12-6-4-11(5-7-12)13(15)9-10(2)14;/h1,4-12,19H,13-14H2,2H3;1,5-8,15H,9-10H2,2-3H3;1,4-7H,8-9H2,2H3;1H4. The Labute approximate surface area is 342 Å². The van der Waals surface area contributed by atoms with Crippen molar-refractivity contribution in [2.45, 2.75) is 54.4 Å². The second kappa shape index (κ2) is 26.7. The van der Waals surface area contributed by atoms with E-state index < -0.39 is 11.8 Å². The van der Waals surface area contributed by atoms with Gasteiger partial charge in [-0.1, -0.05) is 79.8 Å². The van der Waals surface area contributed by atoms with Crippen molar-refractivity contribution in [1.29, 1.82) is 0 Å². The van der Waals surface area contributed by atoms with Crippen LogP contribution in [0.25, 0.3) is 0 Å². The minimum atomic E-state index is -0.671. The number of rotatable bonds is 18. The van der Waals surface area contributed by atoms with Gasteiger partial charge in [0.25, 0.3) is 0 Å². The monoisotopic (exact) mass is 782 g/mol. The molecule has 0 N–H and O–H groups in total. The van der Waals surface area contributed by atoms with Crippen LogP contribution in [-0.4, -0.2) is 54.5 Å². The summed E-state index contributed by atoms with van der Waals surface area (Å²) in [6, 6.07) is 30.0. The summed E-state index contributed by atoms with van der Waals surface area (Å²) in [6.45, 7) is 6.36. The highest BCUT2D eigenvalue weighted by molar-refractivity contribution is 6.10. The van der Waals surface area contributed by atoms with Gasteiger partial charge in [-0.2, -0.15) is 0 Å². The third-order valence-electron chi connectivity index (χ3n) is 8.13. The molecule has 1 unspecified atom stereocenters. The van der Waals surface area contributed by atoms with E-state index in [4.69, 9.17) is 33.5 Å². The molecule has 58 heavy (non-hydrogen) atoms. The van der Waals surface area contributed by atoms with Gasteiger partial charge in [0.15, 0.2) is 11.6 Å². The number of benzene rings is 4. The molecule has 0 bridgehead atoms. The molecule has 4 rings (SSSR count). The summed E-state index contributed by atoms with van der Waals surface area (Å²) >= 11 is 0. The van der Waals surface area contributed by atoms with Crippen LogP contribution in [-0.2, 0) is 32.0 Å². The Morgan fingerprint density at radius 2 is 0.862 bits per heavy atom. The van der Waals surface area contributed by atoms with Crippen LogP contribution in [0.5, 0.6) is 17.2 Å². The Kier molecular flexibility index (Phi) is 22.6. The average molecular weight is 783 g/mol. The zero-order chi connectivity index (χ0) is 42.2. The molecule has 9 heteroatoms. The van der Waals surface area contributed by atoms with Crippen molar-refractivity contribution >= 4 is 34.7 Å². The van der Waals surface area contributed by atoms with Crippen LogP contribution in [0.4, 0.5) is 0 Å². The van der Waals surface area contributed by atoms with Crippen molar-refractivity contribution in [3.8, 4) is 54.3 Å². The maximum atomic E-state index is 12.5. The first-order valence-electron chi connectivity index (χ1n) is 17.9. The summed E-state index contributed by atoms with van der Waals surface area (Å²) in [5, 5.41) is 0. The minimum Gasteiger partial charge on any atom is -0.481 e. The predicted molar refractivity (Wildman–Crippen MR) is 226 cm³/mol. The molecular formula is C49H50O9. The van der Waals surface area contributed by atoms with Crippen molar-refractivity contribution in [2.75, 3.05) is 19.8 Å². The van der Waals surface area contributed by atoms with Crippen molar-refractivity contribution in [2.24, 2.45) is 11.8 Å². The quantitative estimate of drug-likeness (QED) is 0.0563. The van der Waals surface area contributed by atoms with Gasteiger partial charge >= 0.3 is 0 Å². The van der Waals surface area contributed by atoms with E-state index in [1.807, 2.05) is 30.3 Å². The lowest BCUT2D eigenvalue weighted by Gasteiger charge is -2.13. The van der Waals surface area contributed by atoms with E-state index in [0.29, 0.717) is 41.2 Å². The molecule has 0 aliphatic heterocycles. The molecule has 9 nitrogen and oxygen atoms in total. The zero-order valence-corrected chi connectivity index (χ0v) is 32.6. The normalized spacial score (nSPS) is 10.1. The van der Waals surface area contributed by atoms with Crippen LogP contribution in [0.1, 0.15) is 73.4 Å². The third kappa shape index (κ3) is 18.1. The van der Waals surface area contributed by atoms with Crippen molar-refractivity contribution in [3.05, 3.63) is 125 Å². The smallest absolute Gasteiger partial charge is 0.173 e. The fraction of sp³-hybridized carbons (Fsp3) is 0.265. The van der Waals surface area contributed by atoms with Gasteiger partial charge < -0.3 is 14.2 Å². The van der Waals surface area contributed by atoms with Crippen LogP contribution < -0.4 is 14.2 Å². The van der Waals surface area contributed by atoms with Crippen molar-refractivity contribution in [1.82, 2.24) is 0 Å². The molecule has 0 aromatic heterocycles. The molecule has 0 saturated carbocycles. The minimum absolute atomic E-state index is 0. The fourth-order valence-electron chi connectivity index (χ4n) is 5.15. The van der Waals surface area contributed by atoms with E-state index in [1.165, 1.54) is 27.7 Å². The highest BCUT2D eigenvalue weighted by Crippen LogP contribution is 2.20. The number of Topliss-reactive ketones (excluding diaryl/α,β-unsaturated/α-hetero) is 6. The van der Waals surface area contributed by atoms with Gasteiger partial charge in [0, 0.05) is 11.1 Å². The number of terminal acetylenes is 3. The maximum Gasteiger partial charge on any atom is 0.173 e. The number of hydrogen-bond donors (Lipinski definition) is 0. The molecule has 0 radical (unpaired) electrons. The Bertz CT molecular complexity index is 2060. The molecule has 0 fully saturated rings. The summed E-state index contributed by atoms with van der Waals surface area (Å²) in [4.78, 5) is 69.4. The molecule has 0 saturated heterocycles. The maximum absolute atomic E-state index is 12.5. The second-order valence-electron chi connectivity index (χ2n) is 12.7. The largest absolute Gasteiger partial charge is 0.481 e. The van der Waals surface area contributed by atoms with E-state index in [1.54, 1.807) is 72.8 Å². The molecular weight excluding hydrogens is 733 g/mol. The van der Waals surface area contributed by atoms with Crippen molar-refractivity contribution < 1.29 is 43.0 Å². The van der Waals surface area contributed by atoms with E-state index in [-0.39, 0.29) is 68.4 Å². The molecule has 0 spiro atoms. The lowest BCUT2D eigenvalue weighted by Crippen LogP contribution is -2.24. The Morgan fingerprint density at radius 3 is 1.21 bits per heavy atom. The molecule has 0 heterocycles. The second-order valence-corrected chi connectivity index (χ2v) is 12.7. The molecule has 1 atom stereocenters. The summed E-state index contributed by atoms with van der Waals surface area (Å²) < 4.78 is 15.7. The first-order chi connectivity index (χ1) is 27.3. The summed E-state index contributed by atoms with van der Waals surface area (Å²) in [5.74, 6) is 7.05. The Hall–Kier alpha value is -7.02. The molecule has 4 aromatic rings. The van der Waals surface area contributed by atoms with E-state index in [9.17, 15) is 28.8 Å². The van der Waals surface area contributed by atoms with E-state index in [0.717, 1.165) is 11.1 Å². The number of hydrogen-bond acceptors (Lipinski definition) is 9. The van der Waals surface area contributed by atoms with Gasteiger partial charge in [0.2, 0.25) is 0 Å². The summed E-state index contributed by atoms with van der Waals surface area (Å²) in [6.07, 6.45) is 16.0. The number of ketones is 6. The Balaban J connectivity index is 0.000000440. The van der Waals surface area contributed by atoms with Gasteiger partial charge in [-0.25, -0.2) is 0 Å².